The maximum absolute atomic E-state index is 10.3. The summed E-state index contributed by atoms with van der Waals surface area (Å²) in [6, 6.07) is 1.69. The highest BCUT2D eigenvalue weighted by molar-refractivity contribution is 5.81. The number of hydrogen-bond donors (Lipinski definition) is 0. The van der Waals surface area contributed by atoms with Crippen LogP contribution in [0.2, 0.25) is 0 Å². The van der Waals surface area contributed by atoms with Crippen LogP contribution in [0.25, 0.3) is 0 Å². The summed E-state index contributed by atoms with van der Waals surface area (Å²) >= 11 is 0. The maximum Gasteiger partial charge on any atom is 0.330 e. The van der Waals surface area contributed by atoms with E-state index in [-0.39, 0.29) is 19.1 Å². The molecule has 0 fully saturated rings. The highest BCUT2D eigenvalue weighted by Gasteiger charge is 1.91. The van der Waals surface area contributed by atoms with E-state index in [1.165, 1.54) is 12.2 Å². The van der Waals surface area contributed by atoms with Gasteiger partial charge < -0.3 is 9.47 Å². The smallest absolute Gasteiger partial charge is 0.330 e. The summed E-state index contributed by atoms with van der Waals surface area (Å²) in [5.41, 5.74) is 0. The Bertz CT molecular complexity index is 418. The molecule has 0 heterocycles. The van der Waals surface area contributed by atoms with Crippen LogP contribution >= 0.6 is 0 Å². The van der Waals surface area contributed by atoms with Crippen molar-refractivity contribution in [1.29, 1.82) is 5.26 Å². The molecule has 0 saturated carbocycles. The lowest BCUT2D eigenvalue weighted by Crippen LogP contribution is -2.03. The standard InChI is InChI=1S/C6H7NO3.C5H8O2.C3H3N/c1-2-6(9)10-4-3-7-5-8;1-3-5(6)7-4-2;1-2-3-4/h2H,1,3-4H2;3H,1,4H2,2H3;2H,1H2. The van der Waals surface area contributed by atoms with Crippen molar-refractivity contribution < 1.29 is 23.9 Å². The van der Waals surface area contributed by atoms with Gasteiger partial charge in [0.15, 0.2) is 0 Å². The lowest BCUT2D eigenvalue weighted by molar-refractivity contribution is -0.138. The van der Waals surface area contributed by atoms with Crippen LogP contribution in [0.15, 0.2) is 43.0 Å². The minimum Gasteiger partial charge on any atom is -0.463 e. The Labute approximate surface area is 123 Å². The molecule has 0 aliphatic heterocycles. The van der Waals surface area contributed by atoms with Crippen molar-refractivity contribution in [3.05, 3.63) is 38.0 Å². The van der Waals surface area contributed by atoms with Crippen LogP contribution in [0.5, 0.6) is 0 Å². The summed E-state index contributed by atoms with van der Waals surface area (Å²) in [5, 5.41) is 7.51. The third kappa shape index (κ3) is 31.6. The van der Waals surface area contributed by atoms with Crippen molar-refractivity contribution in [2.75, 3.05) is 19.8 Å². The van der Waals surface area contributed by atoms with Crippen molar-refractivity contribution in [3.63, 3.8) is 0 Å². The topological polar surface area (TPSA) is 106 Å². The van der Waals surface area contributed by atoms with Gasteiger partial charge in [0, 0.05) is 18.2 Å². The summed E-state index contributed by atoms with van der Waals surface area (Å²) < 4.78 is 8.90. The van der Waals surface area contributed by atoms with E-state index >= 15 is 0 Å². The first kappa shape index (κ1) is 23.1. The second kappa shape index (κ2) is 22.2. The monoisotopic (exact) mass is 294 g/mol. The molecule has 0 aromatic heterocycles. The number of ether oxygens (including phenoxy) is 2. The van der Waals surface area contributed by atoms with Crippen LogP contribution in [0.3, 0.4) is 0 Å². The third-order valence-electron chi connectivity index (χ3n) is 1.22. The lowest BCUT2D eigenvalue weighted by Gasteiger charge is -1.94. The predicted molar refractivity (Wildman–Crippen MR) is 76.8 cm³/mol. The molecule has 0 aliphatic rings. The first-order chi connectivity index (χ1) is 10.0. The van der Waals surface area contributed by atoms with E-state index in [0.29, 0.717) is 6.61 Å². The van der Waals surface area contributed by atoms with Gasteiger partial charge in [0.05, 0.1) is 19.2 Å². The molecule has 0 N–H and O–H groups in total. The van der Waals surface area contributed by atoms with Crippen LogP contribution in [-0.2, 0) is 23.9 Å². The van der Waals surface area contributed by atoms with Gasteiger partial charge in [-0.15, -0.1) is 0 Å². The Morgan fingerprint density at radius 2 is 1.67 bits per heavy atom. The molecule has 114 valence electrons. The number of nitrogens with zero attached hydrogens (tertiary/aromatic N) is 2. The second-order valence-electron chi connectivity index (χ2n) is 2.63. The molecule has 0 aliphatic carbocycles. The zero-order valence-corrected chi connectivity index (χ0v) is 11.9. The summed E-state index contributed by atoms with van der Waals surface area (Å²) in [7, 11) is 0. The molecule has 0 atom stereocenters. The summed E-state index contributed by atoms with van der Waals surface area (Å²) in [5.74, 6) is -0.872. The fourth-order valence-corrected chi connectivity index (χ4v) is 0.498. The number of aliphatic imine (C=N–C) groups is 1. The lowest BCUT2D eigenvalue weighted by atomic mass is 10.6. The van der Waals surface area contributed by atoms with Crippen molar-refractivity contribution in [2.24, 2.45) is 4.99 Å². The first-order valence-corrected chi connectivity index (χ1v) is 5.66. The van der Waals surface area contributed by atoms with Gasteiger partial charge in [0.2, 0.25) is 6.08 Å². The fourth-order valence-electron chi connectivity index (χ4n) is 0.498. The van der Waals surface area contributed by atoms with Gasteiger partial charge in [-0.25, -0.2) is 19.4 Å². The minimum atomic E-state index is -0.513. The maximum atomic E-state index is 10.3. The first-order valence-electron chi connectivity index (χ1n) is 5.66. The van der Waals surface area contributed by atoms with Gasteiger partial charge in [-0.3, -0.25) is 0 Å². The van der Waals surface area contributed by atoms with Crippen LogP contribution in [0.4, 0.5) is 0 Å². The van der Waals surface area contributed by atoms with Gasteiger partial charge in [-0.2, -0.15) is 5.26 Å². The number of hydrogen-bond acceptors (Lipinski definition) is 7. The number of carbonyl (C=O) groups is 2. The zero-order valence-electron chi connectivity index (χ0n) is 11.9. The van der Waals surface area contributed by atoms with Gasteiger partial charge >= 0.3 is 11.9 Å². The highest BCUT2D eigenvalue weighted by atomic mass is 16.5. The van der Waals surface area contributed by atoms with Crippen LogP contribution in [0.1, 0.15) is 6.92 Å². The van der Waals surface area contributed by atoms with Crippen LogP contribution in [-0.4, -0.2) is 37.8 Å². The molecule has 0 saturated heterocycles. The number of nitriles is 1. The number of carbonyl (C=O) groups excluding carboxylic acids is 3. The Kier molecular flexibility index (Phi) is 24.5. The van der Waals surface area contributed by atoms with Crippen LogP contribution < -0.4 is 0 Å². The SMILES string of the molecule is C=CC#N.C=CC(=O)OCC.C=CC(=O)OCCN=C=O. The normalized spacial score (nSPS) is 6.86. The van der Waals surface area contributed by atoms with Crippen molar-refractivity contribution in [1.82, 2.24) is 0 Å². The molecule has 7 nitrogen and oxygen atoms in total. The van der Waals surface area contributed by atoms with E-state index in [1.54, 1.807) is 13.0 Å². The zero-order chi connectivity index (χ0) is 16.9. The van der Waals surface area contributed by atoms with Gasteiger partial charge in [0.1, 0.15) is 6.61 Å². The molecular formula is C14H18N2O5. The number of rotatable bonds is 6. The number of isocyanates is 1. The van der Waals surface area contributed by atoms with E-state index < -0.39 is 5.97 Å². The molecule has 0 unspecified atom stereocenters. The van der Waals surface area contributed by atoms with Gasteiger partial charge in [-0.1, -0.05) is 19.7 Å². The Morgan fingerprint density at radius 3 is 1.95 bits per heavy atom. The second-order valence-corrected chi connectivity index (χ2v) is 2.63. The summed E-state index contributed by atoms with van der Waals surface area (Å²) in [6.45, 7) is 11.9. The molecule has 0 aromatic rings. The quantitative estimate of drug-likeness (QED) is 0.183. The number of allylic oxidation sites excluding steroid dienone is 1. The van der Waals surface area contributed by atoms with Gasteiger partial charge in [0.25, 0.3) is 0 Å². The number of esters is 2. The fraction of sp³-hybridized carbons (Fsp3) is 0.286. The predicted octanol–water partition coefficient (Wildman–Crippen LogP) is 1.48. The molecule has 21 heavy (non-hydrogen) atoms. The summed E-state index contributed by atoms with van der Waals surface area (Å²) in [6.07, 6.45) is 4.69. The molecule has 0 bridgehead atoms. The molecule has 0 amide bonds. The van der Waals surface area contributed by atoms with Gasteiger partial charge in [-0.05, 0) is 6.92 Å². The largest absolute Gasteiger partial charge is 0.463 e. The Hall–Kier alpha value is -2.97. The third-order valence-corrected chi connectivity index (χ3v) is 1.22. The van der Waals surface area contributed by atoms with E-state index in [4.69, 9.17) is 5.26 Å². The molecule has 0 spiro atoms. The average Bonchev–Trinajstić information content (AvgIpc) is 2.52. The van der Waals surface area contributed by atoms with E-state index in [1.807, 2.05) is 0 Å². The van der Waals surface area contributed by atoms with Crippen molar-refractivity contribution >= 4 is 18.0 Å². The van der Waals surface area contributed by atoms with Crippen LogP contribution in [0, 0.1) is 11.3 Å². The molecule has 0 rings (SSSR count). The molecule has 0 aromatic carbocycles. The van der Waals surface area contributed by atoms with Crippen molar-refractivity contribution in [2.45, 2.75) is 6.92 Å². The summed E-state index contributed by atoms with van der Waals surface area (Å²) in [4.78, 5) is 33.0. The molecule has 7 heteroatoms. The molecular weight excluding hydrogens is 276 g/mol. The van der Waals surface area contributed by atoms with E-state index in [9.17, 15) is 14.4 Å². The highest BCUT2D eigenvalue weighted by Crippen LogP contribution is 1.78. The molecule has 0 radical (unpaired) electrons. The Morgan fingerprint density at radius 1 is 1.19 bits per heavy atom. The average molecular weight is 294 g/mol. The Balaban J connectivity index is -0.000000256. The van der Waals surface area contributed by atoms with E-state index in [0.717, 1.165) is 12.2 Å². The minimum absolute atomic E-state index is 0.0973. The van der Waals surface area contributed by atoms with E-state index in [2.05, 4.69) is 34.2 Å². The van der Waals surface area contributed by atoms with Crippen molar-refractivity contribution in [3.8, 4) is 6.07 Å².